The molecular formula is C19H15ClF3NO5. The Balaban J connectivity index is 2.51. The van der Waals surface area contributed by atoms with Crippen LogP contribution in [0.25, 0.3) is 0 Å². The summed E-state index contributed by atoms with van der Waals surface area (Å²) in [5.41, 5.74) is -1.82. The number of methoxy groups -OCH3 is 1. The van der Waals surface area contributed by atoms with Gasteiger partial charge in [-0.1, -0.05) is 11.6 Å². The molecule has 154 valence electrons. The summed E-state index contributed by atoms with van der Waals surface area (Å²) in [4.78, 5) is 35.5. The number of ether oxygens (including phenoxy) is 1. The highest BCUT2D eigenvalue weighted by Crippen LogP contribution is 2.34. The zero-order valence-electron chi connectivity index (χ0n) is 15.0. The van der Waals surface area contributed by atoms with Crippen LogP contribution >= 0.6 is 11.6 Å². The SMILES string of the molecule is COc1ccc(Cl)cc1C(=O)c1cc(C(F)(F)F)ccc1NC(=O)CCC(=O)O. The Hall–Kier alpha value is -3.07. The molecule has 0 aliphatic carbocycles. The molecule has 0 atom stereocenters. The van der Waals surface area contributed by atoms with Gasteiger partial charge in [-0.25, -0.2) is 0 Å². The lowest BCUT2D eigenvalue weighted by atomic mass is 9.98. The maximum absolute atomic E-state index is 13.1. The number of amides is 1. The number of carbonyl (C=O) groups is 3. The fourth-order valence-electron chi connectivity index (χ4n) is 2.45. The van der Waals surface area contributed by atoms with Crippen LogP contribution in [0.5, 0.6) is 5.75 Å². The number of carboxylic acids is 1. The zero-order chi connectivity index (χ0) is 21.8. The van der Waals surface area contributed by atoms with Gasteiger partial charge in [-0.3, -0.25) is 14.4 Å². The zero-order valence-corrected chi connectivity index (χ0v) is 15.7. The summed E-state index contributed by atoms with van der Waals surface area (Å²) in [7, 11) is 1.28. The van der Waals surface area contributed by atoms with E-state index in [1.54, 1.807) is 0 Å². The molecule has 29 heavy (non-hydrogen) atoms. The molecule has 0 aliphatic rings. The summed E-state index contributed by atoms with van der Waals surface area (Å²) < 4.78 is 44.5. The third kappa shape index (κ3) is 5.71. The molecule has 0 aliphatic heterocycles. The van der Waals surface area contributed by atoms with Crippen LogP contribution in [0.1, 0.15) is 34.3 Å². The fourth-order valence-corrected chi connectivity index (χ4v) is 2.63. The van der Waals surface area contributed by atoms with Crippen molar-refractivity contribution in [3.8, 4) is 5.75 Å². The topological polar surface area (TPSA) is 92.7 Å². The molecule has 2 N–H and O–H groups in total. The van der Waals surface area contributed by atoms with Gasteiger partial charge in [0.15, 0.2) is 5.78 Å². The molecule has 0 fully saturated rings. The molecular weight excluding hydrogens is 415 g/mol. The van der Waals surface area contributed by atoms with Crippen LogP contribution in [0.2, 0.25) is 5.02 Å². The third-order valence-corrected chi connectivity index (χ3v) is 4.07. The second-order valence-corrected chi connectivity index (χ2v) is 6.31. The number of aliphatic carboxylic acids is 1. The Morgan fingerprint density at radius 3 is 2.34 bits per heavy atom. The number of halogens is 4. The summed E-state index contributed by atoms with van der Waals surface area (Å²) in [6, 6.07) is 6.31. The standard InChI is InChI=1S/C19H15ClF3NO5/c1-29-15-5-3-11(20)9-13(15)18(28)12-8-10(19(21,22)23)2-4-14(12)24-16(25)6-7-17(26)27/h2-5,8-9H,6-7H2,1H3,(H,24,25)(H,26,27). The minimum absolute atomic E-state index is 0.0833. The summed E-state index contributed by atoms with van der Waals surface area (Å²) in [6.45, 7) is 0. The van der Waals surface area contributed by atoms with Crippen LogP contribution in [0.3, 0.4) is 0 Å². The molecule has 0 spiro atoms. The Morgan fingerprint density at radius 2 is 1.76 bits per heavy atom. The number of alkyl halides is 3. The fraction of sp³-hybridized carbons (Fsp3) is 0.211. The molecule has 10 heteroatoms. The van der Waals surface area contributed by atoms with Crippen LogP contribution in [0.4, 0.5) is 18.9 Å². The summed E-state index contributed by atoms with van der Waals surface area (Å²) in [5.74, 6) is -2.75. The van der Waals surface area contributed by atoms with Gasteiger partial charge in [-0.2, -0.15) is 13.2 Å². The van der Waals surface area contributed by atoms with E-state index in [1.807, 2.05) is 0 Å². The minimum atomic E-state index is -4.72. The van der Waals surface area contributed by atoms with Gasteiger partial charge in [-0.15, -0.1) is 0 Å². The molecule has 0 saturated heterocycles. The van der Waals surface area contributed by atoms with Gasteiger partial charge in [0.2, 0.25) is 5.91 Å². The second-order valence-electron chi connectivity index (χ2n) is 5.87. The van der Waals surface area contributed by atoms with Gasteiger partial charge >= 0.3 is 12.1 Å². The molecule has 1 amide bonds. The molecule has 0 saturated carbocycles. The van der Waals surface area contributed by atoms with Crippen LogP contribution in [-0.2, 0) is 15.8 Å². The van der Waals surface area contributed by atoms with Crippen LogP contribution in [-0.4, -0.2) is 29.9 Å². The normalized spacial score (nSPS) is 11.1. The molecule has 6 nitrogen and oxygen atoms in total. The number of hydrogen-bond donors (Lipinski definition) is 2. The lowest BCUT2D eigenvalue weighted by molar-refractivity contribution is -0.138. The first-order valence-electron chi connectivity index (χ1n) is 8.14. The molecule has 0 unspecified atom stereocenters. The summed E-state index contributed by atoms with van der Waals surface area (Å²) >= 11 is 5.89. The van der Waals surface area contributed by atoms with E-state index in [2.05, 4.69) is 5.32 Å². The summed E-state index contributed by atoms with van der Waals surface area (Å²) in [6.07, 6.45) is -5.61. The number of anilines is 1. The number of hydrogen-bond acceptors (Lipinski definition) is 4. The molecule has 0 aromatic heterocycles. The van der Waals surface area contributed by atoms with Gasteiger partial charge in [0.1, 0.15) is 5.75 Å². The number of carbonyl (C=O) groups excluding carboxylic acids is 2. The van der Waals surface area contributed by atoms with Crippen molar-refractivity contribution >= 4 is 34.9 Å². The average molecular weight is 430 g/mol. The van der Waals surface area contributed by atoms with Crippen molar-refractivity contribution in [3.63, 3.8) is 0 Å². The highest BCUT2D eigenvalue weighted by atomic mass is 35.5. The van der Waals surface area contributed by atoms with E-state index >= 15 is 0 Å². The lowest BCUT2D eigenvalue weighted by Crippen LogP contribution is -2.17. The monoisotopic (exact) mass is 429 g/mol. The number of carboxylic acid groups (broad SMARTS) is 1. The molecule has 0 radical (unpaired) electrons. The highest BCUT2D eigenvalue weighted by molar-refractivity contribution is 6.31. The van der Waals surface area contributed by atoms with E-state index in [0.717, 1.165) is 6.07 Å². The predicted octanol–water partition coefficient (Wildman–Crippen LogP) is 4.40. The Labute approximate surface area is 168 Å². The van der Waals surface area contributed by atoms with E-state index in [9.17, 15) is 27.6 Å². The van der Waals surface area contributed by atoms with Crippen LogP contribution < -0.4 is 10.1 Å². The molecule has 2 aromatic carbocycles. The number of benzene rings is 2. The molecule has 0 bridgehead atoms. The number of ketones is 1. The van der Waals surface area contributed by atoms with E-state index in [4.69, 9.17) is 21.4 Å². The van der Waals surface area contributed by atoms with Crippen molar-refractivity contribution in [3.05, 3.63) is 58.1 Å². The first-order chi connectivity index (χ1) is 13.5. The number of rotatable bonds is 7. The van der Waals surface area contributed by atoms with E-state index in [1.165, 1.54) is 25.3 Å². The minimum Gasteiger partial charge on any atom is -0.496 e. The first-order valence-corrected chi connectivity index (χ1v) is 8.52. The largest absolute Gasteiger partial charge is 0.496 e. The van der Waals surface area contributed by atoms with Gasteiger partial charge in [0.05, 0.1) is 30.3 Å². The lowest BCUT2D eigenvalue weighted by Gasteiger charge is -2.15. The van der Waals surface area contributed by atoms with Crippen molar-refractivity contribution in [2.24, 2.45) is 0 Å². The van der Waals surface area contributed by atoms with Crippen molar-refractivity contribution in [1.82, 2.24) is 0 Å². The maximum Gasteiger partial charge on any atom is 0.416 e. The maximum atomic E-state index is 13.1. The van der Waals surface area contributed by atoms with Crippen molar-refractivity contribution in [2.75, 3.05) is 12.4 Å². The average Bonchev–Trinajstić information content (AvgIpc) is 2.65. The van der Waals surface area contributed by atoms with Crippen molar-refractivity contribution < 1.29 is 37.4 Å². The van der Waals surface area contributed by atoms with Gasteiger partial charge in [0, 0.05) is 17.0 Å². The quantitative estimate of drug-likeness (QED) is 0.636. The predicted molar refractivity (Wildman–Crippen MR) is 98.4 cm³/mol. The number of nitrogens with one attached hydrogen (secondary N) is 1. The first kappa shape index (κ1) is 22.2. The van der Waals surface area contributed by atoms with E-state index in [0.29, 0.717) is 12.1 Å². The second kappa shape index (κ2) is 8.95. The Morgan fingerprint density at radius 1 is 1.07 bits per heavy atom. The van der Waals surface area contributed by atoms with Gasteiger partial charge < -0.3 is 15.2 Å². The molecule has 2 rings (SSSR count). The molecule has 0 heterocycles. The van der Waals surface area contributed by atoms with Crippen molar-refractivity contribution in [1.29, 1.82) is 0 Å². The Kier molecular flexibility index (Phi) is 6.86. The van der Waals surface area contributed by atoms with Crippen molar-refractivity contribution in [2.45, 2.75) is 19.0 Å². The Bertz CT molecular complexity index is 959. The third-order valence-electron chi connectivity index (χ3n) is 3.84. The van der Waals surface area contributed by atoms with Crippen LogP contribution in [0, 0.1) is 0 Å². The van der Waals surface area contributed by atoms with Gasteiger partial charge in [-0.05, 0) is 36.4 Å². The van der Waals surface area contributed by atoms with E-state index in [-0.39, 0.29) is 22.0 Å². The van der Waals surface area contributed by atoms with E-state index < -0.39 is 47.8 Å². The molecule has 2 aromatic rings. The smallest absolute Gasteiger partial charge is 0.416 e. The highest BCUT2D eigenvalue weighted by Gasteiger charge is 2.32. The van der Waals surface area contributed by atoms with Gasteiger partial charge in [0.25, 0.3) is 0 Å². The van der Waals surface area contributed by atoms with Crippen LogP contribution in [0.15, 0.2) is 36.4 Å². The summed E-state index contributed by atoms with van der Waals surface area (Å²) in [5, 5.41) is 11.1.